The zero-order chi connectivity index (χ0) is 5.11. The molecular formula is C4H4NO2. The SMILES string of the molecule is O=[C]C1=NOCC1. The molecule has 0 aromatic heterocycles. The predicted molar refractivity (Wildman–Crippen MR) is 23.7 cm³/mol. The molecule has 1 aliphatic heterocycles. The number of oxime groups is 1. The topological polar surface area (TPSA) is 38.7 Å². The largest absolute Gasteiger partial charge is 0.395 e. The highest BCUT2D eigenvalue weighted by molar-refractivity contribution is 6.28. The second-order valence-corrected chi connectivity index (χ2v) is 1.22. The van der Waals surface area contributed by atoms with Gasteiger partial charge < -0.3 is 4.84 Å². The van der Waals surface area contributed by atoms with E-state index >= 15 is 0 Å². The predicted octanol–water partition coefficient (Wildman–Crippen LogP) is -0.128. The summed E-state index contributed by atoms with van der Waals surface area (Å²) in [6.45, 7) is 0.532. The van der Waals surface area contributed by atoms with Gasteiger partial charge in [0.05, 0.1) is 0 Å². The molecule has 0 saturated heterocycles. The molecule has 1 aliphatic rings. The van der Waals surface area contributed by atoms with Crippen molar-refractivity contribution >= 4 is 12.0 Å². The van der Waals surface area contributed by atoms with Gasteiger partial charge in [0, 0.05) is 6.42 Å². The van der Waals surface area contributed by atoms with Gasteiger partial charge in [0.25, 0.3) is 6.29 Å². The van der Waals surface area contributed by atoms with Gasteiger partial charge in [0.15, 0.2) is 0 Å². The van der Waals surface area contributed by atoms with Crippen LogP contribution in [0.15, 0.2) is 5.16 Å². The Hall–Kier alpha value is -0.860. The van der Waals surface area contributed by atoms with Crippen LogP contribution in [0.4, 0.5) is 0 Å². The van der Waals surface area contributed by atoms with Crippen molar-refractivity contribution in [3.8, 4) is 0 Å². The fourth-order valence-corrected chi connectivity index (χ4v) is 0.381. The number of nitrogens with zero attached hydrogens (tertiary/aromatic N) is 1. The maximum Gasteiger partial charge on any atom is 0.252 e. The molecule has 0 aliphatic carbocycles. The molecule has 1 radical (unpaired) electrons. The van der Waals surface area contributed by atoms with E-state index in [4.69, 9.17) is 0 Å². The van der Waals surface area contributed by atoms with E-state index in [0.717, 1.165) is 0 Å². The average Bonchev–Trinajstić information content (AvgIpc) is 2.14. The van der Waals surface area contributed by atoms with Gasteiger partial charge in [-0.2, -0.15) is 0 Å². The molecule has 3 nitrogen and oxygen atoms in total. The Balaban J connectivity index is 2.51. The van der Waals surface area contributed by atoms with Crippen LogP contribution in [0.1, 0.15) is 6.42 Å². The summed E-state index contributed by atoms with van der Waals surface area (Å²) in [7, 11) is 0. The van der Waals surface area contributed by atoms with Gasteiger partial charge in [-0.25, -0.2) is 0 Å². The third kappa shape index (κ3) is 0.765. The Morgan fingerprint density at radius 1 is 1.86 bits per heavy atom. The molecule has 37 valence electrons. The molecule has 0 aromatic rings. The molecule has 0 unspecified atom stereocenters. The van der Waals surface area contributed by atoms with Crippen molar-refractivity contribution in [3.05, 3.63) is 0 Å². The summed E-state index contributed by atoms with van der Waals surface area (Å²) in [6.07, 6.45) is 2.25. The van der Waals surface area contributed by atoms with Crippen LogP contribution in [-0.2, 0) is 9.63 Å². The van der Waals surface area contributed by atoms with E-state index in [-0.39, 0.29) is 0 Å². The van der Waals surface area contributed by atoms with Crippen molar-refractivity contribution in [2.75, 3.05) is 6.61 Å². The van der Waals surface area contributed by atoms with E-state index in [1.807, 2.05) is 0 Å². The van der Waals surface area contributed by atoms with E-state index < -0.39 is 0 Å². The molecule has 7 heavy (non-hydrogen) atoms. The first-order valence-electron chi connectivity index (χ1n) is 2.00. The van der Waals surface area contributed by atoms with E-state index in [1.165, 1.54) is 0 Å². The Morgan fingerprint density at radius 2 is 2.71 bits per heavy atom. The van der Waals surface area contributed by atoms with Gasteiger partial charge in [0.2, 0.25) is 0 Å². The highest BCUT2D eigenvalue weighted by atomic mass is 16.6. The molecule has 0 saturated carbocycles. The highest BCUT2D eigenvalue weighted by Crippen LogP contribution is 1.95. The lowest BCUT2D eigenvalue weighted by atomic mass is 10.3. The Bertz CT molecular complexity index is 108. The zero-order valence-electron chi connectivity index (χ0n) is 3.68. The van der Waals surface area contributed by atoms with E-state index in [1.54, 1.807) is 6.29 Å². The smallest absolute Gasteiger partial charge is 0.252 e. The lowest BCUT2D eigenvalue weighted by Gasteiger charge is -1.75. The van der Waals surface area contributed by atoms with Crippen molar-refractivity contribution < 1.29 is 9.63 Å². The lowest BCUT2D eigenvalue weighted by Crippen LogP contribution is -1.92. The lowest BCUT2D eigenvalue weighted by molar-refractivity contribution is 0.174. The molecule has 0 amide bonds. The molecule has 0 bridgehead atoms. The Labute approximate surface area is 41.0 Å². The summed E-state index contributed by atoms with van der Waals surface area (Å²) in [6, 6.07) is 0. The fourth-order valence-electron chi connectivity index (χ4n) is 0.381. The quantitative estimate of drug-likeness (QED) is 0.458. The molecule has 0 N–H and O–H groups in total. The first-order chi connectivity index (χ1) is 3.43. The van der Waals surface area contributed by atoms with Crippen LogP contribution in [0, 0.1) is 0 Å². The first-order valence-corrected chi connectivity index (χ1v) is 2.00. The van der Waals surface area contributed by atoms with Gasteiger partial charge in [-0.3, -0.25) is 4.79 Å². The van der Waals surface area contributed by atoms with E-state index in [2.05, 4.69) is 9.99 Å². The molecule has 0 atom stereocenters. The summed E-state index contributed by atoms with van der Waals surface area (Å²) in [5.41, 5.74) is 0.389. The molecular weight excluding hydrogens is 94.0 g/mol. The maximum atomic E-state index is 9.67. The van der Waals surface area contributed by atoms with E-state index in [0.29, 0.717) is 18.7 Å². The summed E-state index contributed by atoms with van der Waals surface area (Å²) < 4.78 is 0. The van der Waals surface area contributed by atoms with Crippen molar-refractivity contribution in [2.24, 2.45) is 5.16 Å². The number of carbonyl (C=O) groups excluding carboxylic acids is 1. The van der Waals surface area contributed by atoms with Crippen molar-refractivity contribution in [1.29, 1.82) is 0 Å². The van der Waals surface area contributed by atoms with Gasteiger partial charge in [-0.15, -0.1) is 0 Å². The molecule has 0 spiro atoms. The van der Waals surface area contributed by atoms with Crippen LogP contribution >= 0.6 is 0 Å². The second-order valence-electron chi connectivity index (χ2n) is 1.22. The number of hydrogen-bond donors (Lipinski definition) is 0. The highest BCUT2D eigenvalue weighted by Gasteiger charge is 2.05. The van der Waals surface area contributed by atoms with Gasteiger partial charge in [-0.1, -0.05) is 5.16 Å². The standard InChI is InChI=1S/C4H4NO2/c6-3-4-1-2-7-5-4/h1-2H2. The molecule has 0 aromatic carbocycles. The first kappa shape index (κ1) is 4.30. The normalized spacial score (nSPS) is 18.0. The van der Waals surface area contributed by atoms with Crippen LogP contribution in [0.25, 0.3) is 0 Å². The van der Waals surface area contributed by atoms with Crippen LogP contribution in [0.3, 0.4) is 0 Å². The minimum absolute atomic E-state index is 0.389. The molecule has 1 heterocycles. The second kappa shape index (κ2) is 1.73. The maximum absolute atomic E-state index is 9.67. The number of rotatable bonds is 1. The van der Waals surface area contributed by atoms with Crippen LogP contribution in [0.2, 0.25) is 0 Å². The zero-order valence-corrected chi connectivity index (χ0v) is 3.68. The van der Waals surface area contributed by atoms with Crippen molar-refractivity contribution in [2.45, 2.75) is 6.42 Å². The van der Waals surface area contributed by atoms with Crippen LogP contribution < -0.4 is 0 Å². The minimum atomic E-state index is 0.389. The Morgan fingerprint density at radius 3 is 3.00 bits per heavy atom. The van der Waals surface area contributed by atoms with Crippen molar-refractivity contribution in [3.63, 3.8) is 0 Å². The van der Waals surface area contributed by atoms with Gasteiger partial charge in [0.1, 0.15) is 12.3 Å². The average molecular weight is 98.1 g/mol. The molecule has 0 fully saturated rings. The van der Waals surface area contributed by atoms with Crippen LogP contribution in [-0.4, -0.2) is 18.6 Å². The third-order valence-electron chi connectivity index (χ3n) is 0.723. The fraction of sp³-hybridized carbons (Fsp3) is 0.500. The van der Waals surface area contributed by atoms with E-state index in [9.17, 15) is 4.79 Å². The number of hydrogen-bond acceptors (Lipinski definition) is 3. The minimum Gasteiger partial charge on any atom is -0.395 e. The van der Waals surface area contributed by atoms with Crippen molar-refractivity contribution in [1.82, 2.24) is 0 Å². The summed E-state index contributed by atoms with van der Waals surface area (Å²) in [4.78, 5) is 14.1. The van der Waals surface area contributed by atoms with Gasteiger partial charge >= 0.3 is 0 Å². The van der Waals surface area contributed by atoms with Crippen LogP contribution in [0.5, 0.6) is 0 Å². The summed E-state index contributed by atoms with van der Waals surface area (Å²) in [5.74, 6) is 0. The Kier molecular flexibility index (Phi) is 1.06. The molecule has 3 heteroatoms. The van der Waals surface area contributed by atoms with Gasteiger partial charge in [-0.05, 0) is 0 Å². The monoisotopic (exact) mass is 98.0 g/mol. The third-order valence-corrected chi connectivity index (χ3v) is 0.723. The molecule has 1 rings (SSSR count). The summed E-state index contributed by atoms with van der Waals surface area (Å²) in [5, 5.41) is 3.35. The summed E-state index contributed by atoms with van der Waals surface area (Å²) >= 11 is 0.